The highest BCUT2D eigenvalue weighted by Crippen LogP contribution is 2.35. The van der Waals surface area contributed by atoms with E-state index in [1.807, 2.05) is 30.7 Å². The molecule has 2 aliphatic heterocycles. The minimum Gasteiger partial charge on any atom is -0.364 e. The van der Waals surface area contributed by atoms with E-state index >= 15 is 0 Å². The SMILES string of the molecule is CCCCN1C[C@@H]2C[C@H]1CN2c1nc(-c2ccnc(N[C@@H](C)c3ccccc3)c2)cc2nccn12. The van der Waals surface area contributed by atoms with Crippen LogP contribution in [-0.4, -0.2) is 56.0 Å². The molecule has 5 heterocycles. The quantitative estimate of drug-likeness (QED) is 0.392. The lowest BCUT2D eigenvalue weighted by Crippen LogP contribution is -2.47. The molecular weight excluding hydrogens is 434 g/mol. The van der Waals surface area contributed by atoms with Crippen LogP contribution in [0.15, 0.2) is 67.1 Å². The summed E-state index contributed by atoms with van der Waals surface area (Å²) in [6.07, 6.45) is 9.52. The van der Waals surface area contributed by atoms with Gasteiger partial charge >= 0.3 is 0 Å². The van der Waals surface area contributed by atoms with Crippen molar-refractivity contribution in [3.8, 4) is 11.3 Å². The van der Waals surface area contributed by atoms with Crippen LogP contribution in [0, 0.1) is 0 Å². The molecule has 180 valence electrons. The van der Waals surface area contributed by atoms with E-state index in [2.05, 4.69) is 79.7 Å². The van der Waals surface area contributed by atoms with E-state index < -0.39 is 0 Å². The van der Waals surface area contributed by atoms with E-state index in [1.54, 1.807) is 0 Å². The number of benzene rings is 1. The second kappa shape index (κ2) is 9.30. The van der Waals surface area contributed by atoms with Gasteiger partial charge in [-0.1, -0.05) is 43.7 Å². The van der Waals surface area contributed by atoms with Gasteiger partial charge in [-0.05, 0) is 44.0 Å². The van der Waals surface area contributed by atoms with Crippen molar-refractivity contribution in [3.63, 3.8) is 0 Å². The summed E-state index contributed by atoms with van der Waals surface area (Å²) < 4.78 is 2.14. The summed E-state index contributed by atoms with van der Waals surface area (Å²) in [7, 11) is 0. The topological polar surface area (TPSA) is 61.6 Å². The van der Waals surface area contributed by atoms with E-state index in [4.69, 9.17) is 4.98 Å². The second-order valence-corrected chi connectivity index (χ2v) is 9.85. The Bertz CT molecular complexity index is 1300. The van der Waals surface area contributed by atoms with Crippen LogP contribution in [0.3, 0.4) is 0 Å². The molecule has 2 bridgehead atoms. The van der Waals surface area contributed by atoms with Gasteiger partial charge in [-0.15, -0.1) is 0 Å². The number of likely N-dealkylation sites (tertiary alicyclic amines) is 1. The number of unbranched alkanes of at least 4 members (excludes halogenated alkanes) is 1. The van der Waals surface area contributed by atoms with Crippen LogP contribution in [0.4, 0.5) is 11.8 Å². The third kappa shape index (κ3) is 4.25. The normalized spacial score (nSPS) is 20.6. The lowest BCUT2D eigenvalue weighted by atomic mass is 10.1. The number of aromatic nitrogens is 4. The van der Waals surface area contributed by atoms with Crippen LogP contribution in [0.1, 0.15) is 44.7 Å². The maximum Gasteiger partial charge on any atom is 0.212 e. The first-order chi connectivity index (χ1) is 17.2. The third-order valence-electron chi connectivity index (χ3n) is 7.50. The van der Waals surface area contributed by atoms with E-state index in [-0.39, 0.29) is 6.04 Å². The first-order valence-electron chi connectivity index (χ1n) is 12.8. The highest BCUT2D eigenvalue weighted by Gasteiger charge is 2.44. The van der Waals surface area contributed by atoms with Crippen molar-refractivity contribution in [2.45, 2.75) is 51.2 Å². The lowest BCUT2D eigenvalue weighted by Gasteiger charge is -2.35. The number of hydrogen-bond donors (Lipinski definition) is 1. The monoisotopic (exact) mass is 467 g/mol. The molecule has 6 rings (SSSR count). The van der Waals surface area contributed by atoms with Crippen LogP contribution in [0.2, 0.25) is 0 Å². The van der Waals surface area contributed by atoms with Crippen molar-refractivity contribution in [2.24, 2.45) is 0 Å². The average molecular weight is 468 g/mol. The Kier molecular flexibility index (Phi) is 5.86. The summed E-state index contributed by atoms with van der Waals surface area (Å²) in [5, 5.41) is 3.54. The zero-order chi connectivity index (χ0) is 23.8. The maximum absolute atomic E-state index is 5.18. The Morgan fingerprint density at radius 3 is 2.71 bits per heavy atom. The highest BCUT2D eigenvalue weighted by molar-refractivity contribution is 5.68. The van der Waals surface area contributed by atoms with Crippen LogP contribution in [-0.2, 0) is 0 Å². The van der Waals surface area contributed by atoms with Crippen molar-refractivity contribution >= 4 is 17.4 Å². The molecular formula is C28H33N7. The van der Waals surface area contributed by atoms with Gasteiger partial charge < -0.3 is 10.2 Å². The number of pyridine rings is 1. The molecule has 1 N–H and O–H groups in total. The fourth-order valence-corrected chi connectivity index (χ4v) is 5.60. The van der Waals surface area contributed by atoms with Crippen molar-refractivity contribution in [1.82, 2.24) is 24.3 Å². The van der Waals surface area contributed by atoms with Gasteiger partial charge in [-0.3, -0.25) is 9.30 Å². The number of piperazine rings is 1. The second-order valence-electron chi connectivity index (χ2n) is 9.85. The Balaban J connectivity index is 1.28. The molecule has 2 fully saturated rings. The zero-order valence-electron chi connectivity index (χ0n) is 20.5. The summed E-state index contributed by atoms with van der Waals surface area (Å²) in [5.74, 6) is 1.85. The number of nitrogens with one attached hydrogen (secondary N) is 1. The molecule has 0 saturated carbocycles. The number of rotatable bonds is 8. The summed E-state index contributed by atoms with van der Waals surface area (Å²) in [4.78, 5) is 19.6. The van der Waals surface area contributed by atoms with Crippen molar-refractivity contribution in [3.05, 3.63) is 72.7 Å². The summed E-state index contributed by atoms with van der Waals surface area (Å²) in [6, 6.07) is 18.0. The van der Waals surface area contributed by atoms with E-state index in [1.165, 1.54) is 31.4 Å². The average Bonchev–Trinajstić information content (AvgIpc) is 3.63. The van der Waals surface area contributed by atoms with Gasteiger partial charge in [0.25, 0.3) is 0 Å². The Hall–Kier alpha value is -3.45. The molecule has 2 aliphatic rings. The summed E-state index contributed by atoms with van der Waals surface area (Å²) in [6.45, 7) is 7.81. The van der Waals surface area contributed by atoms with Gasteiger partial charge in [-0.2, -0.15) is 0 Å². The fourth-order valence-electron chi connectivity index (χ4n) is 5.60. The molecule has 3 aromatic heterocycles. The molecule has 7 heteroatoms. The van der Waals surface area contributed by atoms with Gasteiger partial charge in [0.1, 0.15) is 11.5 Å². The lowest BCUT2D eigenvalue weighted by molar-refractivity contribution is 0.234. The molecule has 0 unspecified atom stereocenters. The van der Waals surface area contributed by atoms with Crippen LogP contribution in [0.5, 0.6) is 0 Å². The molecule has 0 amide bonds. The first-order valence-corrected chi connectivity index (χ1v) is 12.8. The standard InChI is InChI=1S/C28H33N7/c1-3-4-13-33-18-24-16-23(33)19-35(24)28-32-25(17-27-30-12-14-34(27)28)22-10-11-29-26(15-22)31-20(2)21-8-6-5-7-9-21/h5-12,14-15,17,20,23-24H,3-4,13,16,18-19H2,1-2H3,(H,29,31)/t20-,23-,24-/m0/s1. The Morgan fingerprint density at radius 1 is 1.03 bits per heavy atom. The predicted molar refractivity (Wildman–Crippen MR) is 141 cm³/mol. The first kappa shape index (κ1) is 22.0. The summed E-state index contributed by atoms with van der Waals surface area (Å²) in [5.41, 5.74) is 4.14. The smallest absolute Gasteiger partial charge is 0.212 e. The minimum atomic E-state index is 0.160. The van der Waals surface area contributed by atoms with Crippen LogP contribution >= 0.6 is 0 Å². The van der Waals surface area contributed by atoms with Crippen LogP contribution < -0.4 is 10.2 Å². The van der Waals surface area contributed by atoms with Crippen molar-refractivity contribution in [1.29, 1.82) is 0 Å². The van der Waals surface area contributed by atoms with E-state index in [9.17, 15) is 0 Å². The van der Waals surface area contributed by atoms with Gasteiger partial charge in [0, 0.05) is 61.4 Å². The highest BCUT2D eigenvalue weighted by atomic mass is 15.4. The molecule has 2 saturated heterocycles. The summed E-state index contributed by atoms with van der Waals surface area (Å²) >= 11 is 0. The van der Waals surface area contributed by atoms with Crippen molar-refractivity contribution in [2.75, 3.05) is 29.9 Å². The largest absolute Gasteiger partial charge is 0.364 e. The van der Waals surface area contributed by atoms with Gasteiger partial charge in [0.15, 0.2) is 0 Å². The van der Waals surface area contributed by atoms with Crippen LogP contribution in [0.25, 0.3) is 16.9 Å². The van der Waals surface area contributed by atoms with E-state index in [0.29, 0.717) is 12.1 Å². The Labute approximate surface area is 206 Å². The molecule has 3 atom stereocenters. The maximum atomic E-state index is 5.18. The van der Waals surface area contributed by atoms with Crippen molar-refractivity contribution < 1.29 is 0 Å². The van der Waals surface area contributed by atoms with Gasteiger partial charge in [0.2, 0.25) is 5.95 Å². The number of nitrogens with zero attached hydrogens (tertiary/aromatic N) is 6. The number of imidazole rings is 1. The number of fused-ring (bicyclic) bond motifs is 3. The van der Waals surface area contributed by atoms with Gasteiger partial charge in [-0.25, -0.2) is 15.0 Å². The third-order valence-corrected chi connectivity index (χ3v) is 7.50. The molecule has 0 aliphatic carbocycles. The molecule has 0 radical (unpaired) electrons. The van der Waals surface area contributed by atoms with E-state index in [0.717, 1.165) is 41.8 Å². The minimum absolute atomic E-state index is 0.160. The number of hydrogen-bond acceptors (Lipinski definition) is 6. The molecule has 7 nitrogen and oxygen atoms in total. The fraction of sp³-hybridized carbons (Fsp3) is 0.393. The number of anilines is 2. The Morgan fingerprint density at radius 2 is 1.91 bits per heavy atom. The zero-order valence-corrected chi connectivity index (χ0v) is 20.5. The molecule has 1 aromatic carbocycles. The van der Waals surface area contributed by atoms with Gasteiger partial charge in [0.05, 0.1) is 5.69 Å². The molecule has 35 heavy (non-hydrogen) atoms. The molecule has 0 spiro atoms. The predicted octanol–water partition coefficient (Wildman–Crippen LogP) is 5.03. The molecule has 4 aromatic rings.